The van der Waals surface area contributed by atoms with Gasteiger partial charge < -0.3 is 0 Å². The molecule has 0 spiro atoms. The second-order valence-corrected chi connectivity index (χ2v) is 0. The molecule has 0 rings (SSSR count). The Morgan fingerprint density at radius 3 is 1.00 bits per heavy atom. The van der Waals surface area contributed by atoms with Crippen LogP contribution in [0.15, 0.2) is 0 Å². The van der Waals surface area contributed by atoms with Crippen LogP contribution in [-0.2, 0) is 50.3 Å². The number of rotatable bonds is 0. The van der Waals surface area contributed by atoms with Crippen molar-refractivity contribution in [2.75, 3.05) is 0 Å². The van der Waals surface area contributed by atoms with E-state index in [2.05, 4.69) is 0 Å². The van der Waals surface area contributed by atoms with E-state index in [1.165, 1.54) is 0 Å². The molecule has 0 fully saturated rings. The summed E-state index contributed by atoms with van der Waals surface area (Å²) in [4.78, 5) is 0. The van der Waals surface area contributed by atoms with Crippen LogP contribution in [-0.4, -0.2) is 25.8 Å². The summed E-state index contributed by atoms with van der Waals surface area (Å²) in [6.07, 6.45) is 0. The van der Waals surface area contributed by atoms with Crippen molar-refractivity contribution < 1.29 is 91.2 Å². The molecule has 0 aliphatic rings. The van der Waals surface area contributed by atoms with Crippen LogP contribution in [0.1, 0.15) is 0 Å². The van der Waals surface area contributed by atoms with Crippen molar-refractivity contribution in [1.29, 1.82) is 0 Å². The molecule has 4 radical (unpaired) electrons. The molecule has 0 unspecified atom stereocenters. The zero-order valence-corrected chi connectivity index (χ0v) is 8.42. The van der Waals surface area contributed by atoms with Crippen molar-refractivity contribution >= 4 is 25.8 Å². The van der Waals surface area contributed by atoms with Crippen molar-refractivity contribution in [1.82, 2.24) is 0 Å². The second-order valence-electron chi connectivity index (χ2n) is 0. The van der Waals surface area contributed by atoms with Crippen molar-refractivity contribution in [3.8, 4) is 0 Å². The Balaban J connectivity index is 0. The van der Waals surface area contributed by atoms with E-state index in [4.69, 9.17) is 0 Å². The fourth-order valence-corrected chi connectivity index (χ4v) is 0. The summed E-state index contributed by atoms with van der Waals surface area (Å²) in [5.74, 6) is 0. The van der Waals surface area contributed by atoms with Gasteiger partial charge in [0.05, 0.1) is 0 Å². The third kappa shape index (κ3) is 26.0. The second kappa shape index (κ2) is 39.3. The molecular formula is H3AlBCoFeNdNi. The van der Waals surface area contributed by atoms with E-state index in [0.717, 1.165) is 0 Å². The fourth-order valence-electron chi connectivity index (χ4n) is 0. The largest absolute Gasteiger partial charge is 0.187 e. The molecule has 0 amide bonds. The van der Waals surface area contributed by atoms with Crippen LogP contribution in [0.5, 0.6) is 0 Å². The van der Waals surface area contributed by atoms with Gasteiger partial charge in [0.2, 0.25) is 0 Å². The molecule has 0 nitrogen and oxygen atoms in total. The minimum atomic E-state index is 0. The summed E-state index contributed by atoms with van der Waals surface area (Å²) in [6.45, 7) is 0. The summed E-state index contributed by atoms with van der Waals surface area (Å²) in [6, 6.07) is 0. The van der Waals surface area contributed by atoms with Crippen LogP contribution in [0.4, 0.5) is 0 Å². The molecule has 6 heteroatoms. The minimum Gasteiger partial charge on any atom is 0 e. The van der Waals surface area contributed by atoms with Gasteiger partial charge in [-0.2, -0.15) is 0 Å². The van der Waals surface area contributed by atoms with Crippen molar-refractivity contribution in [3.63, 3.8) is 0 Å². The molecule has 0 aliphatic carbocycles. The van der Waals surface area contributed by atoms with Gasteiger partial charge in [-0.1, -0.05) is 0 Å². The van der Waals surface area contributed by atoms with E-state index in [0.29, 0.717) is 0 Å². The SMILES string of the molecule is [AlH3].[B].[Co].[Fe].[Nd].[Ni]. The van der Waals surface area contributed by atoms with Crippen LogP contribution < -0.4 is 0 Å². The van der Waals surface area contributed by atoms with Crippen molar-refractivity contribution in [3.05, 3.63) is 0 Å². The molecule has 40 valence electrons. The van der Waals surface area contributed by atoms with Crippen LogP contribution in [0.3, 0.4) is 0 Å². The minimum absolute atomic E-state index is 0. The molecule has 0 aromatic heterocycles. The third-order valence-electron chi connectivity index (χ3n) is 0. The van der Waals surface area contributed by atoms with Gasteiger partial charge in [0.25, 0.3) is 0 Å². The molecule has 0 aromatic carbocycles. The zero-order chi connectivity index (χ0) is 0. The Morgan fingerprint density at radius 1 is 1.00 bits per heavy atom. The predicted molar refractivity (Wildman–Crippen MR) is 15.7 cm³/mol. The Morgan fingerprint density at radius 2 is 1.00 bits per heavy atom. The van der Waals surface area contributed by atoms with Crippen LogP contribution in [0, 0.1) is 40.8 Å². The Kier molecular flexibility index (Phi) is 370. The fraction of sp³-hybridized carbons (Fsp3) is 0. The number of hydrogen-bond donors (Lipinski definition) is 0. The topological polar surface area (TPSA) is 0 Å². The van der Waals surface area contributed by atoms with Crippen LogP contribution in [0.2, 0.25) is 0 Å². The van der Waals surface area contributed by atoms with Gasteiger partial charge in [-0.3, -0.25) is 0 Å². The van der Waals surface area contributed by atoms with Gasteiger partial charge in [-0.15, -0.1) is 0 Å². The maximum atomic E-state index is 0. The predicted octanol–water partition coefficient (Wildman–Crippen LogP) is -1.57. The standard InChI is InChI=1S/Al.B.Co.Fe.Nd.Ni.3H. The van der Waals surface area contributed by atoms with E-state index in [9.17, 15) is 0 Å². The molecule has 0 aromatic rings. The summed E-state index contributed by atoms with van der Waals surface area (Å²) in [5, 5.41) is 0. The first-order valence-electron chi connectivity index (χ1n) is 0. The van der Waals surface area contributed by atoms with Gasteiger partial charge in [0, 0.05) is 99.6 Å². The molecular weight excluding hydrogens is 356 g/mol. The molecule has 0 heterocycles. The average molecular weight is 359 g/mol. The van der Waals surface area contributed by atoms with E-state index in [1.54, 1.807) is 0 Å². The summed E-state index contributed by atoms with van der Waals surface area (Å²) >= 11 is 0. The molecule has 0 atom stereocenters. The van der Waals surface area contributed by atoms with Crippen molar-refractivity contribution in [2.45, 2.75) is 0 Å². The van der Waals surface area contributed by atoms with Crippen LogP contribution >= 0.6 is 0 Å². The zero-order valence-electron chi connectivity index (χ0n) is 2.08. The maximum absolute atomic E-state index is 0. The monoisotopic (exact) mass is 356 g/mol. The third-order valence-corrected chi connectivity index (χ3v) is 0. The van der Waals surface area contributed by atoms with E-state index in [1.807, 2.05) is 0 Å². The van der Waals surface area contributed by atoms with Gasteiger partial charge in [0.1, 0.15) is 0 Å². The maximum Gasteiger partial charge on any atom is 0.187 e. The molecule has 0 N–H and O–H groups in total. The summed E-state index contributed by atoms with van der Waals surface area (Å²) in [5.41, 5.74) is 0. The Hall–Kier alpha value is 3.47. The summed E-state index contributed by atoms with van der Waals surface area (Å²) in [7, 11) is 0. The van der Waals surface area contributed by atoms with Gasteiger partial charge >= 0.3 is 0 Å². The van der Waals surface area contributed by atoms with E-state index < -0.39 is 0 Å². The van der Waals surface area contributed by atoms with Gasteiger partial charge in [-0.25, -0.2) is 0 Å². The summed E-state index contributed by atoms with van der Waals surface area (Å²) < 4.78 is 0. The normalized spacial score (nSPS) is 0. The van der Waals surface area contributed by atoms with E-state index in [-0.39, 0.29) is 117 Å². The first-order valence-corrected chi connectivity index (χ1v) is 0. The Bertz CT molecular complexity index is 15.5. The quantitative estimate of drug-likeness (QED) is 0.459. The van der Waals surface area contributed by atoms with Gasteiger partial charge in [-0.05, 0) is 0 Å². The molecule has 0 saturated carbocycles. The number of hydrogen-bond acceptors (Lipinski definition) is 0. The first kappa shape index (κ1) is 56.5. The molecule has 6 heavy (non-hydrogen) atoms. The van der Waals surface area contributed by atoms with Crippen molar-refractivity contribution in [2.24, 2.45) is 0 Å². The first-order chi connectivity index (χ1) is 0. The van der Waals surface area contributed by atoms with E-state index >= 15 is 0 Å². The Labute approximate surface area is 115 Å². The smallest absolute Gasteiger partial charge is 0 e. The molecule has 0 saturated heterocycles. The molecule has 0 aliphatic heterocycles. The molecule has 0 bridgehead atoms. The van der Waals surface area contributed by atoms with Crippen LogP contribution in [0.25, 0.3) is 0 Å². The average Bonchev–Trinajstić information content (AvgIpc) is 0. The van der Waals surface area contributed by atoms with Gasteiger partial charge in [0.15, 0.2) is 17.4 Å².